The fraction of sp³-hybridized carbons (Fsp3) is 0. The molecule has 3 heteroatoms. The molecule has 2 aromatic heterocycles. The SMILES string of the molecule is [c]1nc2cnc3ccccc3c2[nH]1. The predicted molar refractivity (Wildman–Crippen MR) is 50.2 cm³/mol. The Bertz CT molecular complexity index is 568. The highest BCUT2D eigenvalue weighted by Crippen LogP contribution is 2.19. The molecule has 1 aromatic carbocycles. The van der Waals surface area contributed by atoms with E-state index >= 15 is 0 Å². The molecule has 0 aliphatic carbocycles. The van der Waals surface area contributed by atoms with Crippen molar-refractivity contribution < 1.29 is 0 Å². The first-order chi connectivity index (χ1) is 6.45. The average Bonchev–Trinajstić information content (AvgIpc) is 2.65. The molecular formula is C10H6N3. The summed E-state index contributed by atoms with van der Waals surface area (Å²) in [5.41, 5.74) is 2.84. The number of rotatable bonds is 0. The minimum Gasteiger partial charge on any atom is -0.335 e. The lowest BCUT2D eigenvalue weighted by Gasteiger charge is -1.95. The molecule has 0 fully saturated rings. The smallest absolute Gasteiger partial charge is 0.174 e. The predicted octanol–water partition coefficient (Wildman–Crippen LogP) is 1.91. The summed E-state index contributed by atoms with van der Waals surface area (Å²) in [5, 5.41) is 1.09. The molecular weight excluding hydrogens is 162 g/mol. The van der Waals surface area contributed by atoms with E-state index in [1.54, 1.807) is 6.20 Å². The summed E-state index contributed by atoms with van der Waals surface area (Å²) in [6.45, 7) is 0. The quantitative estimate of drug-likeness (QED) is 0.557. The first kappa shape index (κ1) is 6.60. The second-order valence-corrected chi connectivity index (χ2v) is 2.88. The number of hydrogen-bond acceptors (Lipinski definition) is 2. The lowest BCUT2D eigenvalue weighted by atomic mass is 10.2. The van der Waals surface area contributed by atoms with Gasteiger partial charge in [-0.05, 0) is 6.07 Å². The molecule has 0 amide bonds. The molecule has 1 radical (unpaired) electrons. The maximum Gasteiger partial charge on any atom is 0.174 e. The summed E-state index contributed by atoms with van der Waals surface area (Å²) in [4.78, 5) is 11.3. The minimum absolute atomic E-state index is 0.860. The summed E-state index contributed by atoms with van der Waals surface area (Å²) in [7, 11) is 0. The summed E-state index contributed by atoms with van der Waals surface area (Å²) >= 11 is 0. The van der Waals surface area contributed by atoms with Crippen LogP contribution in [0.25, 0.3) is 21.9 Å². The van der Waals surface area contributed by atoms with Gasteiger partial charge in [0.1, 0.15) is 5.52 Å². The van der Waals surface area contributed by atoms with Crippen molar-refractivity contribution in [1.29, 1.82) is 0 Å². The number of fused-ring (bicyclic) bond motifs is 3. The van der Waals surface area contributed by atoms with Crippen LogP contribution in [0.5, 0.6) is 0 Å². The second-order valence-electron chi connectivity index (χ2n) is 2.88. The van der Waals surface area contributed by atoms with Crippen molar-refractivity contribution in [1.82, 2.24) is 15.0 Å². The van der Waals surface area contributed by atoms with Crippen LogP contribution in [0, 0.1) is 6.33 Å². The molecule has 61 valence electrons. The summed E-state index contributed by atoms with van der Waals surface area (Å²) in [6, 6.07) is 7.97. The van der Waals surface area contributed by atoms with Crippen LogP contribution in [-0.4, -0.2) is 15.0 Å². The zero-order chi connectivity index (χ0) is 8.67. The van der Waals surface area contributed by atoms with Crippen LogP contribution < -0.4 is 0 Å². The third-order valence-electron chi connectivity index (χ3n) is 2.11. The van der Waals surface area contributed by atoms with E-state index < -0.39 is 0 Å². The van der Waals surface area contributed by atoms with E-state index in [0.717, 1.165) is 21.9 Å². The van der Waals surface area contributed by atoms with Crippen LogP contribution in [0.1, 0.15) is 0 Å². The Hall–Kier alpha value is -1.90. The van der Waals surface area contributed by atoms with E-state index in [1.807, 2.05) is 24.3 Å². The van der Waals surface area contributed by atoms with Crippen LogP contribution in [-0.2, 0) is 0 Å². The van der Waals surface area contributed by atoms with Crippen molar-refractivity contribution in [3.8, 4) is 0 Å². The molecule has 0 aliphatic rings. The Kier molecular flexibility index (Phi) is 1.16. The molecule has 1 N–H and O–H groups in total. The van der Waals surface area contributed by atoms with Crippen molar-refractivity contribution in [2.75, 3.05) is 0 Å². The topological polar surface area (TPSA) is 41.6 Å². The van der Waals surface area contributed by atoms with Crippen molar-refractivity contribution in [2.45, 2.75) is 0 Å². The molecule has 0 saturated heterocycles. The fourth-order valence-electron chi connectivity index (χ4n) is 1.49. The first-order valence-electron chi connectivity index (χ1n) is 4.05. The number of benzene rings is 1. The van der Waals surface area contributed by atoms with Gasteiger partial charge in [-0.3, -0.25) is 4.98 Å². The van der Waals surface area contributed by atoms with Crippen LogP contribution in [0.3, 0.4) is 0 Å². The minimum atomic E-state index is 0.860. The number of nitrogens with one attached hydrogen (secondary N) is 1. The Labute approximate surface area is 74.4 Å². The van der Waals surface area contributed by atoms with Gasteiger partial charge in [-0.1, -0.05) is 18.2 Å². The molecule has 0 aliphatic heterocycles. The van der Waals surface area contributed by atoms with Crippen molar-refractivity contribution in [3.63, 3.8) is 0 Å². The van der Waals surface area contributed by atoms with Crippen molar-refractivity contribution in [2.24, 2.45) is 0 Å². The second kappa shape index (κ2) is 2.29. The number of pyridine rings is 1. The van der Waals surface area contributed by atoms with Crippen LogP contribution in [0.4, 0.5) is 0 Å². The van der Waals surface area contributed by atoms with E-state index in [0.29, 0.717) is 0 Å². The van der Waals surface area contributed by atoms with E-state index in [1.165, 1.54) is 0 Å². The van der Waals surface area contributed by atoms with Gasteiger partial charge in [0.15, 0.2) is 6.33 Å². The lowest BCUT2D eigenvalue weighted by molar-refractivity contribution is 1.31. The number of H-pyrrole nitrogens is 1. The summed E-state index contributed by atoms with van der Waals surface area (Å²) < 4.78 is 0. The highest BCUT2D eigenvalue weighted by atomic mass is 14.9. The molecule has 0 spiro atoms. The highest BCUT2D eigenvalue weighted by molar-refractivity contribution is 6.01. The van der Waals surface area contributed by atoms with Crippen molar-refractivity contribution in [3.05, 3.63) is 36.8 Å². The van der Waals surface area contributed by atoms with Gasteiger partial charge in [0, 0.05) is 5.39 Å². The van der Waals surface area contributed by atoms with E-state index in [2.05, 4.69) is 21.3 Å². The van der Waals surface area contributed by atoms with Gasteiger partial charge in [-0.15, -0.1) is 0 Å². The van der Waals surface area contributed by atoms with Gasteiger partial charge >= 0.3 is 0 Å². The maximum absolute atomic E-state index is 4.28. The fourth-order valence-corrected chi connectivity index (χ4v) is 1.49. The highest BCUT2D eigenvalue weighted by Gasteiger charge is 2.01. The Morgan fingerprint density at radius 3 is 3.08 bits per heavy atom. The van der Waals surface area contributed by atoms with Gasteiger partial charge in [0.2, 0.25) is 0 Å². The average molecular weight is 168 g/mol. The van der Waals surface area contributed by atoms with Gasteiger partial charge < -0.3 is 4.98 Å². The molecule has 2 heterocycles. The van der Waals surface area contributed by atoms with Crippen LogP contribution in [0.15, 0.2) is 30.5 Å². The lowest BCUT2D eigenvalue weighted by Crippen LogP contribution is -1.79. The molecule has 0 unspecified atom stereocenters. The molecule has 3 aromatic rings. The van der Waals surface area contributed by atoms with Crippen LogP contribution >= 0.6 is 0 Å². The number of para-hydroxylation sites is 1. The van der Waals surface area contributed by atoms with E-state index in [9.17, 15) is 0 Å². The summed E-state index contributed by atoms with van der Waals surface area (Å²) in [5.74, 6) is 0. The Morgan fingerprint density at radius 1 is 1.15 bits per heavy atom. The number of hydrogen-bond donors (Lipinski definition) is 1. The third-order valence-corrected chi connectivity index (χ3v) is 2.11. The number of aromatic amines is 1. The molecule has 3 rings (SSSR count). The standard InChI is InChI=1S/C10H6N3/c1-2-4-8-7(3-1)10-9(5-11-8)12-6-13-10/h1-5H,(H,12,13). The first-order valence-corrected chi connectivity index (χ1v) is 4.05. The number of nitrogens with zero attached hydrogens (tertiary/aromatic N) is 2. The monoisotopic (exact) mass is 168 g/mol. The molecule has 0 atom stereocenters. The Morgan fingerprint density at radius 2 is 2.08 bits per heavy atom. The van der Waals surface area contributed by atoms with Gasteiger partial charge in [-0.2, -0.15) is 0 Å². The zero-order valence-corrected chi connectivity index (χ0v) is 6.78. The molecule has 3 nitrogen and oxygen atoms in total. The normalized spacial score (nSPS) is 11.1. The van der Waals surface area contributed by atoms with Gasteiger partial charge in [0.25, 0.3) is 0 Å². The maximum atomic E-state index is 4.28. The largest absolute Gasteiger partial charge is 0.335 e. The molecule has 0 saturated carbocycles. The summed E-state index contributed by atoms with van der Waals surface area (Å²) in [6.07, 6.45) is 4.47. The Balaban J connectivity index is 2.65. The van der Waals surface area contributed by atoms with E-state index in [-0.39, 0.29) is 0 Å². The number of aromatic nitrogens is 3. The number of imidazole rings is 1. The van der Waals surface area contributed by atoms with Crippen LogP contribution in [0.2, 0.25) is 0 Å². The van der Waals surface area contributed by atoms with Crippen molar-refractivity contribution >= 4 is 21.9 Å². The molecule has 0 bridgehead atoms. The molecule has 13 heavy (non-hydrogen) atoms. The zero-order valence-electron chi connectivity index (χ0n) is 6.78. The van der Waals surface area contributed by atoms with Gasteiger partial charge in [-0.25, -0.2) is 4.98 Å². The third kappa shape index (κ3) is 0.839. The van der Waals surface area contributed by atoms with Gasteiger partial charge in [0.05, 0.1) is 17.2 Å². The van der Waals surface area contributed by atoms with E-state index in [4.69, 9.17) is 0 Å².